The number of ether oxygens (including phenoxy) is 3. The van der Waals surface area contributed by atoms with Crippen LogP contribution in [0.15, 0.2) is 15.7 Å². The van der Waals surface area contributed by atoms with Crippen molar-refractivity contribution in [3.63, 3.8) is 0 Å². The van der Waals surface area contributed by atoms with E-state index in [1.54, 1.807) is 18.4 Å². The van der Waals surface area contributed by atoms with Crippen LogP contribution in [-0.2, 0) is 14.2 Å². The highest BCUT2D eigenvalue weighted by atomic mass is 32.2. The van der Waals surface area contributed by atoms with Crippen molar-refractivity contribution in [1.82, 2.24) is 0 Å². The Morgan fingerprint density at radius 2 is 2.38 bits per heavy atom. The zero-order chi connectivity index (χ0) is 11.2. The zero-order valence-corrected chi connectivity index (χ0v) is 10.9. The fourth-order valence-electron chi connectivity index (χ4n) is 1.58. The summed E-state index contributed by atoms with van der Waals surface area (Å²) < 4.78 is 17.3. The second kappa shape index (κ2) is 6.61. The molecule has 0 bridgehead atoms. The first-order chi connectivity index (χ1) is 7.92. The molecule has 0 radical (unpaired) electrons. The summed E-state index contributed by atoms with van der Waals surface area (Å²) in [7, 11) is 1.67. The van der Waals surface area contributed by atoms with E-state index in [2.05, 4.69) is 11.4 Å². The van der Waals surface area contributed by atoms with Gasteiger partial charge in [0.15, 0.2) is 0 Å². The lowest BCUT2D eigenvalue weighted by Gasteiger charge is -2.22. The normalized spacial score (nSPS) is 19.7. The first kappa shape index (κ1) is 12.4. The molecule has 5 heteroatoms. The number of fused-ring (bicyclic) bond motifs is 1. The van der Waals surface area contributed by atoms with E-state index in [1.165, 1.54) is 9.77 Å². The average molecular weight is 260 g/mol. The van der Waals surface area contributed by atoms with Crippen molar-refractivity contribution >= 4 is 23.1 Å². The third-order valence-electron chi connectivity index (χ3n) is 2.40. The van der Waals surface area contributed by atoms with E-state index < -0.39 is 0 Å². The maximum atomic E-state index is 5.73. The SMILES string of the molecule is COCCOCOC1CCSc2sccc21. The lowest BCUT2D eigenvalue weighted by molar-refractivity contribution is -0.100. The van der Waals surface area contributed by atoms with Gasteiger partial charge in [-0.05, 0) is 17.9 Å². The molecule has 0 amide bonds. The van der Waals surface area contributed by atoms with Gasteiger partial charge in [-0.15, -0.1) is 23.1 Å². The minimum absolute atomic E-state index is 0.213. The Hall–Kier alpha value is -0.0700. The Balaban J connectivity index is 1.75. The number of thiophene rings is 1. The van der Waals surface area contributed by atoms with Crippen molar-refractivity contribution in [2.24, 2.45) is 0 Å². The van der Waals surface area contributed by atoms with Crippen LogP contribution in [0.1, 0.15) is 18.1 Å². The molecule has 0 spiro atoms. The summed E-state index contributed by atoms with van der Waals surface area (Å²) >= 11 is 3.72. The molecule has 0 aliphatic carbocycles. The van der Waals surface area contributed by atoms with Gasteiger partial charge in [-0.25, -0.2) is 0 Å². The van der Waals surface area contributed by atoms with E-state index in [-0.39, 0.29) is 6.10 Å². The number of rotatable bonds is 6. The van der Waals surface area contributed by atoms with Gasteiger partial charge < -0.3 is 14.2 Å². The van der Waals surface area contributed by atoms with Gasteiger partial charge in [-0.3, -0.25) is 0 Å². The molecule has 0 saturated carbocycles. The number of hydrogen-bond acceptors (Lipinski definition) is 5. The fraction of sp³-hybridized carbons (Fsp3) is 0.636. The molecule has 1 unspecified atom stereocenters. The van der Waals surface area contributed by atoms with E-state index in [1.807, 2.05) is 11.8 Å². The maximum Gasteiger partial charge on any atom is 0.147 e. The second-order valence-electron chi connectivity index (χ2n) is 3.47. The van der Waals surface area contributed by atoms with Gasteiger partial charge in [-0.2, -0.15) is 0 Å². The van der Waals surface area contributed by atoms with Crippen molar-refractivity contribution in [2.75, 3.05) is 32.9 Å². The van der Waals surface area contributed by atoms with Crippen molar-refractivity contribution in [3.8, 4) is 0 Å². The van der Waals surface area contributed by atoms with E-state index >= 15 is 0 Å². The summed E-state index contributed by atoms with van der Waals surface area (Å²) in [6.07, 6.45) is 1.28. The topological polar surface area (TPSA) is 27.7 Å². The molecule has 2 heterocycles. The number of thioether (sulfide) groups is 1. The predicted octanol–water partition coefficient (Wildman–Crippen LogP) is 2.92. The highest BCUT2D eigenvalue weighted by Gasteiger charge is 2.22. The minimum Gasteiger partial charge on any atom is -0.382 e. The summed E-state index contributed by atoms with van der Waals surface area (Å²) in [5.74, 6) is 1.14. The third kappa shape index (κ3) is 3.21. The van der Waals surface area contributed by atoms with Crippen LogP contribution >= 0.6 is 23.1 Å². The summed E-state index contributed by atoms with van der Waals surface area (Å²) in [6, 6.07) is 2.16. The van der Waals surface area contributed by atoms with Crippen molar-refractivity contribution in [1.29, 1.82) is 0 Å². The number of methoxy groups -OCH3 is 1. The van der Waals surface area contributed by atoms with Crippen LogP contribution in [0.25, 0.3) is 0 Å². The molecule has 1 aromatic heterocycles. The minimum atomic E-state index is 0.213. The second-order valence-corrected chi connectivity index (χ2v) is 5.75. The molecule has 1 aliphatic rings. The Morgan fingerprint density at radius 1 is 1.44 bits per heavy atom. The lowest BCUT2D eigenvalue weighted by atomic mass is 10.1. The molecule has 16 heavy (non-hydrogen) atoms. The molecular weight excluding hydrogens is 244 g/mol. The molecule has 3 nitrogen and oxygen atoms in total. The monoisotopic (exact) mass is 260 g/mol. The summed E-state index contributed by atoms with van der Waals surface area (Å²) in [5.41, 5.74) is 1.33. The van der Waals surface area contributed by atoms with E-state index in [0.29, 0.717) is 20.0 Å². The van der Waals surface area contributed by atoms with Crippen LogP contribution in [0.4, 0.5) is 0 Å². The first-order valence-corrected chi connectivity index (χ1v) is 7.17. The van der Waals surface area contributed by atoms with Crippen LogP contribution in [0.5, 0.6) is 0 Å². The van der Waals surface area contributed by atoms with Gasteiger partial charge in [0, 0.05) is 18.4 Å². The molecule has 0 saturated heterocycles. The Labute approximate surface area is 104 Å². The largest absolute Gasteiger partial charge is 0.382 e. The van der Waals surface area contributed by atoms with Crippen LogP contribution in [-0.4, -0.2) is 32.9 Å². The molecular formula is C11H16O3S2. The molecule has 90 valence electrons. The van der Waals surface area contributed by atoms with E-state index in [4.69, 9.17) is 14.2 Å². The third-order valence-corrected chi connectivity index (χ3v) is 4.70. The highest BCUT2D eigenvalue weighted by molar-refractivity contribution is 8.01. The van der Waals surface area contributed by atoms with Crippen molar-refractivity contribution in [2.45, 2.75) is 16.7 Å². The quantitative estimate of drug-likeness (QED) is 0.580. The first-order valence-electron chi connectivity index (χ1n) is 5.30. The molecule has 1 atom stereocenters. The van der Waals surface area contributed by atoms with Crippen LogP contribution in [0.3, 0.4) is 0 Å². The molecule has 0 aromatic carbocycles. The smallest absolute Gasteiger partial charge is 0.147 e. The van der Waals surface area contributed by atoms with Crippen LogP contribution < -0.4 is 0 Å². The van der Waals surface area contributed by atoms with Gasteiger partial charge in [0.25, 0.3) is 0 Å². The summed E-state index contributed by atoms with van der Waals surface area (Å²) in [6.45, 7) is 1.57. The van der Waals surface area contributed by atoms with Crippen molar-refractivity contribution < 1.29 is 14.2 Å². The maximum absolute atomic E-state index is 5.73. The molecule has 1 aromatic rings. The zero-order valence-electron chi connectivity index (χ0n) is 9.31. The summed E-state index contributed by atoms with van der Waals surface area (Å²) in [4.78, 5) is 0. The van der Waals surface area contributed by atoms with Gasteiger partial charge in [0.2, 0.25) is 0 Å². The average Bonchev–Trinajstić information content (AvgIpc) is 2.77. The van der Waals surface area contributed by atoms with Gasteiger partial charge >= 0.3 is 0 Å². The van der Waals surface area contributed by atoms with Crippen LogP contribution in [0, 0.1) is 0 Å². The number of hydrogen-bond donors (Lipinski definition) is 0. The fourth-order valence-corrected chi connectivity index (χ4v) is 3.83. The van der Waals surface area contributed by atoms with Gasteiger partial charge in [-0.1, -0.05) is 0 Å². The van der Waals surface area contributed by atoms with Gasteiger partial charge in [0.1, 0.15) is 6.79 Å². The van der Waals surface area contributed by atoms with E-state index in [9.17, 15) is 0 Å². The highest BCUT2D eigenvalue weighted by Crippen LogP contribution is 2.41. The molecule has 2 rings (SSSR count). The summed E-state index contributed by atoms with van der Waals surface area (Å²) in [5, 5.41) is 2.13. The Kier molecular flexibility index (Phi) is 5.12. The molecule has 1 aliphatic heterocycles. The Morgan fingerprint density at radius 3 is 3.25 bits per heavy atom. The van der Waals surface area contributed by atoms with E-state index in [0.717, 1.165) is 12.2 Å². The standard InChI is InChI=1S/C11H16O3S2/c1-12-4-5-13-8-14-10-3-7-16-11-9(10)2-6-15-11/h2,6,10H,3-5,7-8H2,1H3. The molecule has 0 N–H and O–H groups in total. The van der Waals surface area contributed by atoms with Crippen LogP contribution in [0.2, 0.25) is 0 Å². The predicted molar refractivity (Wildman–Crippen MR) is 66.2 cm³/mol. The van der Waals surface area contributed by atoms with Gasteiger partial charge in [0.05, 0.1) is 23.5 Å². The van der Waals surface area contributed by atoms with Crippen molar-refractivity contribution in [3.05, 3.63) is 17.0 Å². The Bertz CT molecular complexity index is 314. The molecule has 0 fully saturated rings. The lowest BCUT2D eigenvalue weighted by Crippen LogP contribution is -2.13.